The van der Waals surface area contributed by atoms with Gasteiger partial charge in [-0.15, -0.1) is 0 Å². The number of hydrogen-bond acceptors (Lipinski definition) is 7. The molecule has 1 amide bonds. The lowest BCUT2D eigenvalue weighted by Crippen LogP contribution is -2.05. The van der Waals surface area contributed by atoms with Crippen LogP contribution in [0.1, 0.15) is 6.92 Å². The number of benzene rings is 1. The lowest BCUT2D eigenvalue weighted by Gasteiger charge is -2.13. The predicted octanol–water partition coefficient (Wildman–Crippen LogP) is 4.05. The summed E-state index contributed by atoms with van der Waals surface area (Å²) in [7, 11) is 4.64. The van der Waals surface area contributed by atoms with E-state index in [1.807, 2.05) is 16.8 Å². The minimum Gasteiger partial charge on any atom is -0.493 e. The van der Waals surface area contributed by atoms with Gasteiger partial charge in [0, 0.05) is 18.1 Å². The predicted molar refractivity (Wildman–Crippen MR) is 99.2 cm³/mol. The molecule has 0 fully saturated rings. The summed E-state index contributed by atoms with van der Waals surface area (Å²) in [4.78, 5) is 11.5. The molecule has 0 aliphatic rings. The number of ether oxygens (including phenoxy) is 3. The molecule has 3 aromatic rings. The highest BCUT2D eigenvalue weighted by atomic mass is 32.1. The number of carbonyl (C=O) groups excluding carboxylic acids is 1. The van der Waals surface area contributed by atoms with Gasteiger partial charge in [-0.3, -0.25) is 10.1 Å². The molecule has 7 nitrogen and oxygen atoms in total. The Bertz CT molecular complexity index is 893. The summed E-state index contributed by atoms with van der Waals surface area (Å²) in [5.41, 5.74) is 2.85. The minimum absolute atomic E-state index is 0.242. The van der Waals surface area contributed by atoms with E-state index in [9.17, 15) is 4.79 Å². The first kappa shape index (κ1) is 17.8. The number of aromatic nitrogens is 1. The van der Waals surface area contributed by atoms with Crippen molar-refractivity contribution in [3.8, 4) is 39.6 Å². The zero-order valence-corrected chi connectivity index (χ0v) is 15.6. The first-order chi connectivity index (χ1) is 12.6. The van der Waals surface area contributed by atoms with Crippen LogP contribution in [0.5, 0.6) is 17.2 Å². The van der Waals surface area contributed by atoms with Gasteiger partial charge in [0.25, 0.3) is 0 Å². The van der Waals surface area contributed by atoms with Crippen molar-refractivity contribution in [2.75, 3.05) is 26.6 Å². The zero-order chi connectivity index (χ0) is 18.7. The molecular formula is C18H18N2O5S. The molecule has 0 aliphatic carbocycles. The molecule has 2 heterocycles. The van der Waals surface area contributed by atoms with E-state index >= 15 is 0 Å². The monoisotopic (exact) mass is 374 g/mol. The van der Waals surface area contributed by atoms with Crippen molar-refractivity contribution in [2.24, 2.45) is 0 Å². The number of amides is 1. The van der Waals surface area contributed by atoms with E-state index in [1.54, 1.807) is 33.5 Å². The van der Waals surface area contributed by atoms with Crippen LogP contribution in [-0.4, -0.2) is 32.4 Å². The fourth-order valence-electron chi connectivity index (χ4n) is 2.62. The number of thiophene rings is 1. The van der Waals surface area contributed by atoms with E-state index in [2.05, 4.69) is 10.5 Å². The smallest absolute Gasteiger partial charge is 0.239 e. The van der Waals surface area contributed by atoms with Gasteiger partial charge in [-0.2, -0.15) is 11.3 Å². The quantitative estimate of drug-likeness (QED) is 0.701. The van der Waals surface area contributed by atoms with Crippen LogP contribution < -0.4 is 19.5 Å². The van der Waals surface area contributed by atoms with Gasteiger partial charge < -0.3 is 18.7 Å². The van der Waals surface area contributed by atoms with E-state index in [0.29, 0.717) is 40.0 Å². The molecule has 0 saturated heterocycles. The molecule has 2 aromatic heterocycles. The number of carbonyl (C=O) groups is 1. The number of anilines is 1. The Labute approximate surface area is 154 Å². The van der Waals surface area contributed by atoms with Gasteiger partial charge in [-0.25, -0.2) is 0 Å². The van der Waals surface area contributed by atoms with Gasteiger partial charge in [-0.1, -0.05) is 5.16 Å². The molecule has 1 aromatic carbocycles. The average Bonchev–Trinajstić information content (AvgIpc) is 3.29. The van der Waals surface area contributed by atoms with Crippen molar-refractivity contribution in [1.82, 2.24) is 5.16 Å². The van der Waals surface area contributed by atoms with Crippen molar-refractivity contribution in [3.63, 3.8) is 0 Å². The van der Waals surface area contributed by atoms with Crippen LogP contribution in [0, 0.1) is 0 Å². The van der Waals surface area contributed by atoms with Gasteiger partial charge in [0.15, 0.2) is 11.5 Å². The Balaban J connectivity index is 2.21. The summed E-state index contributed by atoms with van der Waals surface area (Å²) in [6, 6.07) is 5.50. The number of rotatable bonds is 6. The third kappa shape index (κ3) is 3.23. The van der Waals surface area contributed by atoms with E-state index in [4.69, 9.17) is 18.7 Å². The van der Waals surface area contributed by atoms with Crippen LogP contribution >= 0.6 is 11.3 Å². The fourth-order valence-corrected chi connectivity index (χ4v) is 3.27. The number of nitrogens with one attached hydrogen (secondary N) is 1. The number of nitrogens with zero attached hydrogens (tertiary/aromatic N) is 1. The second-order valence-corrected chi connectivity index (χ2v) is 6.12. The molecule has 0 saturated carbocycles. The van der Waals surface area contributed by atoms with Crippen molar-refractivity contribution in [1.29, 1.82) is 0 Å². The average molecular weight is 374 g/mol. The van der Waals surface area contributed by atoms with E-state index in [1.165, 1.54) is 18.3 Å². The normalized spacial score (nSPS) is 10.5. The van der Waals surface area contributed by atoms with Crippen molar-refractivity contribution >= 4 is 23.1 Å². The van der Waals surface area contributed by atoms with Gasteiger partial charge in [0.1, 0.15) is 5.69 Å². The summed E-state index contributed by atoms with van der Waals surface area (Å²) < 4.78 is 21.6. The summed E-state index contributed by atoms with van der Waals surface area (Å²) in [5, 5.41) is 10.7. The van der Waals surface area contributed by atoms with E-state index < -0.39 is 0 Å². The third-order valence-electron chi connectivity index (χ3n) is 3.73. The van der Waals surface area contributed by atoms with E-state index in [-0.39, 0.29) is 5.91 Å². The molecule has 0 aliphatic heterocycles. The molecule has 1 N–H and O–H groups in total. The first-order valence-corrected chi connectivity index (χ1v) is 8.63. The van der Waals surface area contributed by atoms with Crippen molar-refractivity contribution < 1.29 is 23.5 Å². The van der Waals surface area contributed by atoms with Crippen LogP contribution in [0.3, 0.4) is 0 Å². The van der Waals surface area contributed by atoms with Crippen LogP contribution in [0.4, 0.5) is 5.88 Å². The van der Waals surface area contributed by atoms with Crippen LogP contribution in [-0.2, 0) is 4.79 Å². The standard InChI is InChI=1S/C18H18N2O5S/c1-10(21)19-18-15(11-5-6-26-9-11)16(20-25-18)12-7-13(22-2)17(24-4)14(8-12)23-3/h5-9H,1-4H3,(H,19,21). The molecule has 0 radical (unpaired) electrons. The highest BCUT2D eigenvalue weighted by Crippen LogP contribution is 2.45. The lowest BCUT2D eigenvalue weighted by molar-refractivity contribution is -0.114. The maximum atomic E-state index is 11.5. The highest BCUT2D eigenvalue weighted by molar-refractivity contribution is 7.08. The van der Waals surface area contributed by atoms with Crippen LogP contribution in [0.25, 0.3) is 22.4 Å². The third-order valence-corrected chi connectivity index (χ3v) is 4.41. The van der Waals surface area contributed by atoms with Crippen molar-refractivity contribution in [2.45, 2.75) is 6.92 Å². The molecule has 0 atom stereocenters. The maximum absolute atomic E-state index is 11.5. The first-order valence-electron chi connectivity index (χ1n) is 7.69. The Morgan fingerprint density at radius 3 is 2.31 bits per heavy atom. The van der Waals surface area contributed by atoms with E-state index in [0.717, 1.165) is 5.56 Å². The molecule has 0 bridgehead atoms. The molecule has 136 valence electrons. The Morgan fingerprint density at radius 2 is 1.81 bits per heavy atom. The second-order valence-electron chi connectivity index (χ2n) is 5.34. The molecule has 0 spiro atoms. The maximum Gasteiger partial charge on any atom is 0.239 e. The van der Waals surface area contributed by atoms with Gasteiger partial charge in [0.2, 0.25) is 17.5 Å². The Hall–Kier alpha value is -3.00. The fraction of sp³-hybridized carbons (Fsp3) is 0.222. The Morgan fingerprint density at radius 1 is 1.12 bits per heavy atom. The summed E-state index contributed by atoms with van der Waals surface area (Å²) >= 11 is 1.54. The second kappa shape index (κ2) is 7.49. The molecule has 26 heavy (non-hydrogen) atoms. The summed E-state index contributed by atoms with van der Waals surface area (Å²) in [5.74, 6) is 1.54. The lowest BCUT2D eigenvalue weighted by atomic mass is 10.0. The van der Waals surface area contributed by atoms with Crippen LogP contribution in [0.2, 0.25) is 0 Å². The molecule has 8 heteroatoms. The van der Waals surface area contributed by atoms with Gasteiger partial charge in [0.05, 0.1) is 26.9 Å². The zero-order valence-electron chi connectivity index (χ0n) is 14.8. The Kier molecular flexibility index (Phi) is 5.13. The van der Waals surface area contributed by atoms with Gasteiger partial charge in [-0.05, 0) is 29.0 Å². The number of methoxy groups -OCH3 is 3. The summed E-state index contributed by atoms with van der Waals surface area (Å²) in [6.45, 7) is 1.42. The minimum atomic E-state index is -0.242. The molecule has 0 unspecified atom stereocenters. The topological polar surface area (TPSA) is 82.8 Å². The highest BCUT2D eigenvalue weighted by Gasteiger charge is 2.23. The van der Waals surface area contributed by atoms with Gasteiger partial charge >= 0.3 is 0 Å². The summed E-state index contributed by atoms with van der Waals surface area (Å²) in [6.07, 6.45) is 0. The number of hydrogen-bond donors (Lipinski definition) is 1. The van der Waals surface area contributed by atoms with Crippen LogP contribution in [0.15, 0.2) is 33.5 Å². The molecular weight excluding hydrogens is 356 g/mol. The SMILES string of the molecule is COc1cc(-c2noc(NC(C)=O)c2-c2ccsc2)cc(OC)c1OC. The van der Waals surface area contributed by atoms with Crippen molar-refractivity contribution in [3.05, 3.63) is 29.0 Å². The largest absolute Gasteiger partial charge is 0.493 e. The molecule has 3 rings (SSSR count).